The first-order chi connectivity index (χ1) is 15.7. The van der Waals surface area contributed by atoms with E-state index in [0.29, 0.717) is 6.54 Å². The van der Waals surface area contributed by atoms with Crippen LogP contribution in [0.3, 0.4) is 0 Å². The zero-order valence-corrected chi connectivity index (χ0v) is 21.1. The Morgan fingerprint density at radius 2 is 2.15 bits per heavy atom. The van der Waals surface area contributed by atoms with Crippen molar-refractivity contribution in [2.75, 3.05) is 18.9 Å². The lowest BCUT2D eigenvalue weighted by Gasteiger charge is -2.53. The predicted molar refractivity (Wildman–Crippen MR) is 135 cm³/mol. The molecule has 1 aromatic carbocycles. The number of nitrogens with one attached hydrogen (secondary N) is 1. The molecule has 2 aromatic rings. The minimum absolute atomic E-state index is 0.0267. The van der Waals surface area contributed by atoms with Crippen LogP contribution in [0.5, 0.6) is 0 Å². The molecule has 0 spiro atoms. The van der Waals surface area contributed by atoms with Crippen LogP contribution in [0.25, 0.3) is 0 Å². The number of rotatable bonds is 7. The maximum atomic E-state index is 12.9. The molecule has 0 saturated heterocycles. The Morgan fingerprint density at radius 3 is 2.85 bits per heavy atom. The van der Waals surface area contributed by atoms with Gasteiger partial charge in [-0.25, -0.2) is 4.98 Å². The molecule has 178 valence electrons. The molecule has 6 heteroatoms. The lowest BCUT2D eigenvalue weighted by atomic mass is 9.53. The second kappa shape index (κ2) is 9.59. The quantitative estimate of drug-likeness (QED) is 0.557. The summed E-state index contributed by atoms with van der Waals surface area (Å²) < 4.78 is 0. The Bertz CT molecular complexity index is 991. The number of anilines is 1. The lowest BCUT2D eigenvalue weighted by molar-refractivity contribution is -0.143. The van der Waals surface area contributed by atoms with Crippen LogP contribution in [0, 0.1) is 23.2 Å². The third-order valence-corrected chi connectivity index (χ3v) is 9.05. The van der Waals surface area contributed by atoms with Crippen LogP contribution >= 0.6 is 11.3 Å². The molecule has 6 atom stereocenters. The highest BCUT2D eigenvalue weighted by Gasteiger charge is 2.54. The number of aromatic nitrogens is 1. The fourth-order valence-corrected chi connectivity index (χ4v) is 7.47. The van der Waals surface area contributed by atoms with Gasteiger partial charge >= 0.3 is 0 Å². The summed E-state index contributed by atoms with van der Waals surface area (Å²) in [5, 5.41) is 16.0. The third kappa shape index (κ3) is 4.60. The summed E-state index contributed by atoms with van der Waals surface area (Å²) in [5.74, 6) is 0.122. The first kappa shape index (κ1) is 24.0. The van der Waals surface area contributed by atoms with Gasteiger partial charge in [0.1, 0.15) is 0 Å². The van der Waals surface area contributed by atoms with Crippen molar-refractivity contribution in [3.63, 3.8) is 0 Å². The van der Waals surface area contributed by atoms with Gasteiger partial charge < -0.3 is 15.3 Å². The topological polar surface area (TPSA) is 65.5 Å². The SMILES string of the molecule is C=CCN(C)C(=O)C(C)C1CCC2(C)Cc3sc(NCc4ccccc4)nc3C(C)C2C1O. The van der Waals surface area contributed by atoms with Crippen LogP contribution in [0.4, 0.5) is 5.13 Å². The number of nitrogens with zero attached hydrogens (tertiary/aromatic N) is 2. The maximum Gasteiger partial charge on any atom is 0.225 e. The number of aliphatic hydroxyl groups excluding tert-OH is 1. The minimum Gasteiger partial charge on any atom is -0.392 e. The number of aliphatic hydroxyl groups is 1. The summed E-state index contributed by atoms with van der Waals surface area (Å²) in [6.45, 7) is 11.5. The molecule has 2 N–H and O–H groups in total. The summed E-state index contributed by atoms with van der Waals surface area (Å²) >= 11 is 1.76. The van der Waals surface area contributed by atoms with E-state index in [1.54, 1.807) is 22.3 Å². The van der Waals surface area contributed by atoms with E-state index in [0.717, 1.165) is 36.6 Å². The van der Waals surface area contributed by atoms with Gasteiger partial charge in [0.05, 0.1) is 11.8 Å². The van der Waals surface area contributed by atoms with Gasteiger partial charge in [-0.3, -0.25) is 4.79 Å². The van der Waals surface area contributed by atoms with Crippen LogP contribution in [-0.2, 0) is 17.8 Å². The molecule has 1 heterocycles. The Hall–Kier alpha value is -2.18. The van der Waals surface area contributed by atoms with Crippen molar-refractivity contribution in [2.45, 2.75) is 58.6 Å². The first-order valence-electron chi connectivity index (χ1n) is 12.1. The Morgan fingerprint density at radius 1 is 1.42 bits per heavy atom. The number of carbonyl (C=O) groups excluding carboxylic acids is 1. The van der Waals surface area contributed by atoms with E-state index < -0.39 is 6.10 Å². The summed E-state index contributed by atoms with van der Waals surface area (Å²) in [5.41, 5.74) is 2.39. The van der Waals surface area contributed by atoms with E-state index in [2.05, 4.69) is 50.0 Å². The van der Waals surface area contributed by atoms with Crippen LogP contribution < -0.4 is 5.32 Å². The number of hydrogen-bond donors (Lipinski definition) is 2. The summed E-state index contributed by atoms with van der Waals surface area (Å²) in [6.07, 6.45) is 4.09. The molecular formula is C27H37N3O2S. The summed E-state index contributed by atoms with van der Waals surface area (Å²) in [4.78, 5) is 21.0. The molecule has 0 aliphatic heterocycles. The standard InChI is InChI=1S/C27H37N3O2S/c1-6-14-30(5)25(32)17(2)20-12-13-27(4)15-21-23(18(3)22(27)24(20)31)29-26(33-21)28-16-19-10-8-7-9-11-19/h6-11,17-18,20,22,24,31H,1,12-16H2,2-5H3,(H,28,29). The highest BCUT2D eigenvalue weighted by molar-refractivity contribution is 7.15. The molecule has 33 heavy (non-hydrogen) atoms. The molecule has 1 aromatic heterocycles. The van der Waals surface area contributed by atoms with E-state index in [1.807, 2.05) is 20.0 Å². The second-order valence-corrected chi connectivity index (χ2v) is 11.4. The van der Waals surface area contributed by atoms with Gasteiger partial charge in [0, 0.05) is 36.9 Å². The average molecular weight is 468 g/mol. The summed E-state index contributed by atoms with van der Waals surface area (Å²) in [7, 11) is 1.81. The van der Waals surface area contributed by atoms with Crippen molar-refractivity contribution in [2.24, 2.45) is 23.2 Å². The van der Waals surface area contributed by atoms with Gasteiger partial charge in [-0.1, -0.05) is 57.2 Å². The monoisotopic (exact) mass is 467 g/mol. The van der Waals surface area contributed by atoms with Gasteiger partial charge in [0.2, 0.25) is 5.91 Å². The number of amides is 1. The number of benzene rings is 1. The number of carbonyl (C=O) groups is 1. The molecule has 5 nitrogen and oxygen atoms in total. The molecule has 2 aliphatic rings. The second-order valence-electron chi connectivity index (χ2n) is 10.3. The van der Waals surface area contributed by atoms with Crippen molar-refractivity contribution in [1.82, 2.24) is 9.88 Å². The zero-order chi connectivity index (χ0) is 23.8. The number of thiazole rings is 1. The fourth-order valence-electron chi connectivity index (χ4n) is 6.21. The number of hydrogen-bond acceptors (Lipinski definition) is 5. The predicted octanol–water partition coefficient (Wildman–Crippen LogP) is 5.09. The van der Waals surface area contributed by atoms with Crippen LogP contribution in [0.1, 0.15) is 55.7 Å². The molecular weight excluding hydrogens is 430 g/mol. The molecule has 0 radical (unpaired) electrons. The minimum atomic E-state index is -0.509. The molecule has 6 unspecified atom stereocenters. The molecule has 1 saturated carbocycles. The zero-order valence-electron chi connectivity index (χ0n) is 20.3. The van der Waals surface area contributed by atoms with E-state index in [1.165, 1.54) is 10.4 Å². The third-order valence-electron chi connectivity index (χ3n) is 8.02. The van der Waals surface area contributed by atoms with Crippen LogP contribution in [-0.4, -0.2) is 40.6 Å². The largest absolute Gasteiger partial charge is 0.392 e. The molecule has 1 amide bonds. The van der Waals surface area contributed by atoms with Gasteiger partial charge in [-0.15, -0.1) is 17.9 Å². The maximum absolute atomic E-state index is 12.9. The Balaban J connectivity index is 1.52. The molecule has 0 bridgehead atoms. The van der Waals surface area contributed by atoms with Crippen molar-refractivity contribution in [3.05, 3.63) is 59.1 Å². The van der Waals surface area contributed by atoms with E-state index in [4.69, 9.17) is 4.98 Å². The van der Waals surface area contributed by atoms with Crippen molar-refractivity contribution in [3.8, 4) is 0 Å². The highest BCUT2D eigenvalue weighted by atomic mass is 32.1. The van der Waals surface area contributed by atoms with E-state index in [9.17, 15) is 9.90 Å². The number of fused-ring (bicyclic) bond motifs is 2. The van der Waals surface area contributed by atoms with Crippen molar-refractivity contribution < 1.29 is 9.90 Å². The molecule has 4 rings (SSSR count). The van der Waals surface area contributed by atoms with Gasteiger partial charge in [0.15, 0.2) is 5.13 Å². The fraction of sp³-hybridized carbons (Fsp3) is 0.556. The van der Waals surface area contributed by atoms with Crippen LogP contribution in [0.15, 0.2) is 43.0 Å². The lowest BCUT2D eigenvalue weighted by Crippen LogP contribution is -2.53. The highest BCUT2D eigenvalue weighted by Crippen LogP contribution is 2.57. The smallest absolute Gasteiger partial charge is 0.225 e. The number of likely N-dealkylation sites (N-methyl/N-ethyl adjacent to an activating group) is 1. The van der Waals surface area contributed by atoms with Crippen molar-refractivity contribution >= 4 is 22.4 Å². The van der Waals surface area contributed by atoms with Crippen LogP contribution in [0.2, 0.25) is 0 Å². The normalized spacial score (nSPS) is 29.5. The first-order valence-corrected chi connectivity index (χ1v) is 12.9. The van der Waals surface area contributed by atoms with E-state index in [-0.39, 0.29) is 35.0 Å². The Labute approximate surface area is 201 Å². The average Bonchev–Trinajstić information content (AvgIpc) is 3.20. The summed E-state index contributed by atoms with van der Waals surface area (Å²) in [6, 6.07) is 10.4. The van der Waals surface area contributed by atoms with Gasteiger partial charge in [0.25, 0.3) is 0 Å². The van der Waals surface area contributed by atoms with Gasteiger partial charge in [-0.2, -0.15) is 0 Å². The molecule has 2 aliphatic carbocycles. The van der Waals surface area contributed by atoms with Crippen molar-refractivity contribution in [1.29, 1.82) is 0 Å². The molecule has 1 fully saturated rings. The van der Waals surface area contributed by atoms with E-state index >= 15 is 0 Å². The Kier molecular flexibility index (Phi) is 6.96. The van der Waals surface area contributed by atoms with Gasteiger partial charge in [-0.05, 0) is 42.1 Å².